The van der Waals surface area contributed by atoms with E-state index >= 15 is 0 Å². The molecule has 8 rings (SSSR count). The average Bonchev–Trinajstić information content (AvgIpc) is 3.56. The largest absolute Gasteiger partial charge is 0.506 e. The van der Waals surface area contributed by atoms with Crippen LogP contribution < -0.4 is 0 Å². The molecule has 0 spiro atoms. The molecule has 5 heteroatoms. The number of phenols is 1. The van der Waals surface area contributed by atoms with Crippen LogP contribution in [0.5, 0.6) is 5.75 Å². The van der Waals surface area contributed by atoms with Crippen LogP contribution in [0.2, 0.25) is 0 Å². The minimum Gasteiger partial charge on any atom is -0.506 e. The molecule has 196 valence electrons. The average molecular weight is 531 g/mol. The first-order chi connectivity index (χ1) is 20.0. The summed E-state index contributed by atoms with van der Waals surface area (Å²) in [5.74, 6) is 1.03. The van der Waals surface area contributed by atoms with Gasteiger partial charge in [0.05, 0.1) is 22.2 Å². The molecular weight excluding hydrogens is 504 g/mol. The highest BCUT2D eigenvalue weighted by Crippen LogP contribution is 2.38. The molecule has 0 saturated heterocycles. The Balaban J connectivity index is 1.47. The maximum absolute atomic E-state index is 10.5. The van der Waals surface area contributed by atoms with Crippen LogP contribution in [0.25, 0.3) is 72.1 Å². The van der Waals surface area contributed by atoms with Crippen molar-refractivity contribution in [3.8, 4) is 34.1 Å². The summed E-state index contributed by atoms with van der Waals surface area (Å²) < 4.78 is 2.26. The molecule has 3 aromatic heterocycles. The normalized spacial score (nSPS) is 11.8. The molecule has 0 atom stereocenters. The Hall–Kier alpha value is -5.42. The lowest BCUT2D eigenvalue weighted by atomic mass is 10.1. The molecule has 5 aromatic carbocycles. The molecule has 5 nitrogen and oxygen atoms in total. The molecule has 0 aliphatic carbocycles. The highest BCUT2D eigenvalue weighted by molar-refractivity contribution is 6.12. The molecule has 0 aliphatic rings. The van der Waals surface area contributed by atoms with Crippen molar-refractivity contribution in [1.82, 2.24) is 19.5 Å². The molecule has 0 unspecified atom stereocenters. The number of hydrogen-bond acceptors (Lipinski definition) is 3. The molecule has 0 fully saturated rings. The number of aromatic nitrogens is 4. The van der Waals surface area contributed by atoms with Crippen molar-refractivity contribution >= 4 is 43.7 Å². The quantitative estimate of drug-likeness (QED) is 0.240. The van der Waals surface area contributed by atoms with E-state index in [-0.39, 0.29) is 5.75 Å². The second-order valence-corrected chi connectivity index (χ2v) is 10.7. The highest BCUT2D eigenvalue weighted by atomic mass is 16.3. The van der Waals surface area contributed by atoms with E-state index in [1.54, 1.807) is 6.07 Å². The summed E-state index contributed by atoms with van der Waals surface area (Å²) >= 11 is 0. The molecule has 0 bridgehead atoms. The summed E-state index contributed by atoms with van der Waals surface area (Å²) in [6.07, 6.45) is 0. The number of H-pyrrole nitrogens is 1. The van der Waals surface area contributed by atoms with Crippen LogP contribution in [-0.2, 0) is 0 Å². The van der Waals surface area contributed by atoms with Gasteiger partial charge in [-0.1, -0.05) is 66.7 Å². The van der Waals surface area contributed by atoms with Gasteiger partial charge < -0.3 is 10.1 Å². The number of rotatable bonds is 3. The van der Waals surface area contributed by atoms with Gasteiger partial charge in [0.15, 0.2) is 0 Å². The van der Waals surface area contributed by atoms with Gasteiger partial charge in [-0.15, -0.1) is 0 Å². The van der Waals surface area contributed by atoms with E-state index in [1.807, 2.05) is 24.3 Å². The van der Waals surface area contributed by atoms with E-state index in [1.165, 1.54) is 21.9 Å². The lowest BCUT2D eigenvalue weighted by Crippen LogP contribution is -1.99. The first kappa shape index (κ1) is 23.5. The maximum Gasteiger partial charge on any atom is 0.147 e. The second-order valence-electron chi connectivity index (χ2n) is 10.7. The molecule has 41 heavy (non-hydrogen) atoms. The number of pyridine rings is 1. The van der Waals surface area contributed by atoms with E-state index in [0.717, 1.165) is 55.8 Å². The van der Waals surface area contributed by atoms with Crippen molar-refractivity contribution in [3.63, 3.8) is 0 Å². The molecule has 0 aliphatic heterocycles. The topological polar surface area (TPSA) is 66.7 Å². The Morgan fingerprint density at radius 3 is 2.29 bits per heavy atom. The van der Waals surface area contributed by atoms with Crippen molar-refractivity contribution in [3.05, 3.63) is 120 Å². The highest BCUT2D eigenvalue weighted by Gasteiger charge is 2.21. The van der Waals surface area contributed by atoms with Crippen LogP contribution in [0, 0.1) is 13.8 Å². The summed E-state index contributed by atoms with van der Waals surface area (Å²) in [6, 6.07) is 37.2. The lowest BCUT2D eigenvalue weighted by molar-refractivity contribution is 0.480. The zero-order valence-corrected chi connectivity index (χ0v) is 22.7. The SMILES string of the molecule is Cc1cc(C)cc(-n2c(-c3cccc4c3[nH]c3ccccc34)nc3c(-c4ccc5cccc(O)c5n4)cccc32)c1. The molecule has 0 saturated carbocycles. The Morgan fingerprint density at radius 2 is 1.41 bits per heavy atom. The zero-order chi connectivity index (χ0) is 27.7. The maximum atomic E-state index is 10.5. The number of hydrogen-bond donors (Lipinski definition) is 2. The van der Waals surface area contributed by atoms with Crippen molar-refractivity contribution in [2.75, 3.05) is 0 Å². The minimum atomic E-state index is 0.170. The number of aromatic amines is 1. The van der Waals surface area contributed by atoms with Gasteiger partial charge in [-0.3, -0.25) is 4.57 Å². The van der Waals surface area contributed by atoms with E-state index in [2.05, 4.69) is 102 Å². The van der Waals surface area contributed by atoms with E-state index in [0.29, 0.717) is 5.52 Å². The zero-order valence-electron chi connectivity index (χ0n) is 22.7. The third kappa shape index (κ3) is 3.63. The standard InChI is InChI=1S/C36H26N4O/c1-21-18-22(2)20-24(19-21)40-31-14-7-11-27(30-17-16-23-8-5-15-32(41)33(23)37-30)35(31)39-36(40)28-12-6-10-26-25-9-3-4-13-29(25)38-34(26)28/h3-20,38,41H,1-2H3. The number of benzene rings is 5. The van der Waals surface area contributed by atoms with Gasteiger partial charge in [-0.25, -0.2) is 9.97 Å². The van der Waals surface area contributed by atoms with Crippen molar-refractivity contribution in [2.45, 2.75) is 13.8 Å². The summed E-state index contributed by atoms with van der Waals surface area (Å²) in [5.41, 5.74) is 10.8. The van der Waals surface area contributed by atoms with Gasteiger partial charge in [-0.2, -0.15) is 0 Å². The summed E-state index contributed by atoms with van der Waals surface area (Å²) in [6.45, 7) is 4.26. The van der Waals surface area contributed by atoms with E-state index in [4.69, 9.17) is 9.97 Å². The molecule has 3 heterocycles. The van der Waals surface area contributed by atoms with Crippen LogP contribution in [0.3, 0.4) is 0 Å². The van der Waals surface area contributed by atoms with Crippen molar-refractivity contribution in [2.24, 2.45) is 0 Å². The molecule has 0 radical (unpaired) electrons. The fourth-order valence-corrected chi connectivity index (χ4v) is 6.17. The van der Waals surface area contributed by atoms with Crippen molar-refractivity contribution < 1.29 is 5.11 Å². The van der Waals surface area contributed by atoms with Crippen LogP contribution >= 0.6 is 0 Å². The van der Waals surface area contributed by atoms with E-state index < -0.39 is 0 Å². The number of phenolic OH excluding ortho intramolecular Hbond substituents is 1. The van der Waals surface area contributed by atoms with Gasteiger partial charge in [0.25, 0.3) is 0 Å². The number of imidazole rings is 1. The second kappa shape index (κ2) is 8.80. The summed E-state index contributed by atoms with van der Waals surface area (Å²) in [7, 11) is 0. The Bertz CT molecular complexity index is 2290. The smallest absolute Gasteiger partial charge is 0.147 e. The predicted molar refractivity (Wildman–Crippen MR) is 168 cm³/mol. The van der Waals surface area contributed by atoms with Crippen molar-refractivity contribution in [1.29, 1.82) is 0 Å². The number of para-hydroxylation sites is 4. The predicted octanol–water partition coefficient (Wildman–Crippen LogP) is 8.86. The Kier molecular flexibility index (Phi) is 5.03. The lowest BCUT2D eigenvalue weighted by Gasteiger charge is -2.12. The third-order valence-corrected chi connectivity index (χ3v) is 7.91. The van der Waals surface area contributed by atoms with Gasteiger partial charge in [0.2, 0.25) is 0 Å². The van der Waals surface area contributed by atoms with Crippen LogP contribution in [-0.4, -0.2) is 24.6 Å². The van der Waals surface area contributed by atoms with Crippen LogP contribution in [0.4, 0.5) is 0 Å². The number of nitrogens with zero attached hydrogens (tertiary/aromatic N) is 3. The Morgan fingerprint density at radius 1 is 0.659 bits per heavy atom. The van der Waals surface area contributed by atoms with Gasteiger partial charge in [0, 0.05) is 38.5 Å². The summed E-state index contributed by atoms with van der Waals surface area (Å²) in [4.78, 5) is 13.9. The molecular formula is C36H26N4O. The molecule has 2 N–H and O–H groups in total. The fourth-order valence-electron chi connectivity index (χ4n) is 6.17. The number of fused-ring (bicyclic) bond motifs is 5. The Labute approximate surface area is 236 Å². The molecule has 8 aromatic rings. The van der Waals surface area contributed by atoms with Gasteiger partial charge in [0.1, 0.15) is 17.1 Å². The minimum absolute atomic E-state index is 0.170. The van der Waals surface area contributed by atoms with E-state index in [9.17, 15) is 5.11 Å². The number of aromatic hydroxyl groups is 1. The van der Waals surface area contributed by atoms with Gasteiger partial charge >= 0.3 is 0 Å². The van der Waals surface area contributed by atoms with Crippen LogP contribution in [0.1, 0.15) is 11.1 Å². The monoisotopic (exact) mass is 530 g/mol. The van der Waals surface area contributed by atoms with Gasteiger partial charge in [-0.05, 0) is 67.4 Å². The third-order valence-electron chi connectivity index (χ3n) is 7.91. The first-order valence-electron chi connectivity index (χ1n) is 13.7. The fraction of sp³-hybridized carbons (Fsp3) is 0.0556. The summed E-state index contributed by atoms with van der Waals surface area (Å²) in [5, 5.41) is 13.8. The van der Waals surface area contributed by atoms with Crippen LogP contribution in [0.15, 0.2) is 109 Å². The number of nitrogens with one attached hydrogen (secondary N) is 1. The number of aryl methyl sites for hydroxylation is 2. The first-order valence-corrected chi connectivity index (χ1v) is 13.7. The molecule has 0 amide bonds.